The summed E-state index contributed by atoms with van der Waals surface area (Å²) in [7, 11) is 0. The van der Waals surface area contributed by atoms with Crippen molar-refractivity contribution in [2.24, 2.45) is 0 Å². The summed E-state index contributed by atoms with van der Waals surface area (Å²) in [5.74, 6) is 4.33. The molecule has 18 heteroatoms. The zero-order valence-electron chi connectivity index (χ0n) is 29.4. The summed E-state index contributed by atoms with van der Waals surface area (Å²) in [4.78, 5) is 55.8. The van der Waals surface area contributed by atoms with Gasteiger partial charge in [0.05, 0.1) is 18.1 Å². The smallest absolute Gasteiger partial charge is 0.408 e. The Labute approximate surface area is 323 Å². The summed E-state index contributed by atoms with van der Waals surface area (Å²) >= 11 is 6.80. The molecule has 2 atom stereocenters. The van der Waals surface area contributed by atoms with Gasteiger partial charge in [-0.2, -0.15) is 0 Å². The number of carbonyl (C=O) groups excluding carboxylic acids is 3. The molecule has 0 fully saturated rings. The second-order valence-electron chi connectivity index (χ2n) is 11.5. The topological polar surface area (TPSA) is 204 Å². The predicted molar refractivity (Wildman–Crippen MR) is 213 cm³/mol. The van der Waals surface area contributed by atoms with Crippen molar-refractivity contribution in [1.82, 2.24) is 10.6 Å². The number of carboxylic acid groups (broad SMARTS) is 1. The van der Waals surface area contributed by atoms with Crippen molar-refractivity contribution in [2.75, 3.05) is 42.8 Å². The van der Waals surface area contributed by atoms with E-state index in [1.807, 2.05) is 0 Å². The number of aliphatic hydroxyl groups is 1. The lowest BCUT2D eigenvalue weighted by molar-refractivity contribution is -0.480. The molecule has 0 saturated heterocycles. The first-order valence-electron chi connectivity index (χ1n) is 15.1. The van der Waals surface area contributed by atoms with Gasteiger partial charge in [0.2, 0.25) is 6.54 Å². The lowest BCUT2D eigenvalue weighted by Crippen LogP contribution is -2.45. The highest BCUT2D eigenvalue weighted by Crippen LogP contribution is 2.10. The van der Waals surface area contributed by atoms with Crippen molar-refractivity contribution < 1.29 is 48.5 Å². The summed E-state index contributed by atoms with van der Waals surface area (Å²) < 4.78 is 15.1. The van der Waals surface area contributed by atoms with E-state index in [9.17, 15) is 29.3 Å². The van der Waals surface area contributed by atoms with Crippen LogP contribution in [0.25, 0.3) is 0 Å². The van der Waals surface area contributed by atoms with Crippen LogP contribution in [0, 0.1) is 34.8 Å². The third-order valence-corrected chi connectivity index (χ3v) is 6.53. The molecule has 2 unspecified atom stereocenters. The molecule has 0 aliphatic heterocycles. The van der Waals surface area contributed by atoms with Gasteiger partial charge in [-0.05, 0) is 54.4 Å². The zero-order valence-corrected chi connectivity index (χ0v) is 35.3. The number of hydrogen-bond donors (Lipinski definition) is 4. The lowest BCUT2D eigenvalue weighted by atomic mass is 10.2. The monoisotopic (exact) mass is 961 g/mol. The molecule has 0 aliphatic rings. The van der Waals surface area contributed by atoms with Crippen molar-refractivity contribution >= 4 is 84.9 Å². The Hall–Kier alpha value is -1.88. The second kappa shape index (κ2) is 34.6. The van der Waals surface area contributed by atoms with Crippen molar-refractivity contribution in [2.45, 2.75) is 104 Å². The van der Waals surface area contributed by atoms with Crippen molar-refractivity contribution in [1.29, 1.82) is 0 Å². The lowest BCUT2D eigenvalue weighted by Gasteiger charge is -2.22. The van der Waals surface area contributed by atoms with E-state index in [1.165, 1.54) is 29.9 Å². The van der Waals surface area contributed by atoms with E-state index in [4.69, 9.17) is 37.3 Å². The Morgan fingerprint density at radius 2 is 1.31 bits per heavy atom. The molecule has 0 bridgehead atoms. The van der Waals surface area contributed by atoms with Crippen LogP contribution in [0.4, 0.5) is 9.59 Å². The Balaban J connectivity index is -0.000000350. The molecule has 0 rings (SSSR count). The molecular formula is C31H53I2N3O11S2. The van der Waals surface area contributed by atoms with Gasteiger partial charge in [-0.3, -0.25) is 10.1 Å². The number of amides is 2. The van der Waals surface area contributed by atoms with Crippen LogP contribution in [0.2, 0.25) is 0 Å². The molecule has 0 aliphatic carbocycles. The first-order valence-corrected chi connectivity index (χ1v) is 23.7. The van der Waals surface area contributed by atoms with Gasteiger partial charge in [-0.25, -0.2) is 19.2 Å². The molecule has 2 amide bonds. The van der Waals surface area contributed by atoms with Crippen molar-refractivity contribution in [3.05, 3.63) is 10.1 Å². The van der Waals surface area contributed by atoms with Crippen LogP contribution in [-0.4, -0.2) is 105 Å². The summed E-state index contributed by atoms with van der Waals surface area (Å²) in [5, 5.41) is 32.0. The van der Waals surface area contributed by atoms with E-state index < -0.39 is 52.3 Å². The average molecular weight is 962 g/mol. The molecule has 0 heterocycles. The first kappa shape index (κ1) is 53.9. The number of nitro groups is 1. The number of terminal acetylenes is 2. The average Bonchev–Trinajstić information content (AvgIpc) is 2.98. The number of unbranched alkanes of at least 4 members (excludes halogenated alkanes) is 3. The molecule has 284 valence electrons. The standard InChI is InChI=1S/C15H24N2O6S.C11H17NO4S.C5H12O.I2/c1-5-10-24-11-12(16-14(19)23-15(2,3)4)13(18)22-9-7-6-8-17(20)21;1-5-6-17-7-8(9(13)14)12-10(15)16-11(2,3)4;1-2-3-4-5-6;1-2/h1,12H,6-11H2,2-4H3,(H,16,19);1,8H,6-7H2,2-4H3,(H,12,15)(H,13,14);6H,2-5H2,1H3;. The van der Waals surface area contributed by atoms with Crippen LogP contribution in [0.3, 0.4) is 0 Å². The normalized spacial score (nSPS) is 11.3. The number of rotatable bonds is 18. The number of alkyl carbamates (subject to hydrolysis) is 2. The third-order valence-electron chi connectivity index (χ3n) is 4.65. The van der Waals surface area contributed by atoms with Gasteiger partial charge < -0.3 is 35.1 Å². The minimum Gasteiger partial charge on any atom is -0.480 e. The Bertz CT molecular complexity index is 1010. The Morgan fingerprint density at radius 1 is 0.857 bits per heavy atom. The number of esters is 1. The summed E-state index contributed by atoms with van der Waals surface area (Å²) in [6, 6.07) is -1.89. The first-order chi connectivity index (χ1) is 22.8. The van der Waals surface area contributed by atoms with Gasteiger partial charge >= 0.3 is 24.1 Å². The predicted octanol–water partition coefficient (Wildman–Crippen LogP) is 6.12. The minimum atomic E-state index is -1.11. The van der Waals surface area contributed by atoms with Crippen LogP contribution >= 0.6 is 60.8 Å². The van der Waals surface area contributed by atoms with Crippen LogP contribution in [0.5, 0.6) is 0 Å². The highest BCUT2D eigenvalue weighted by atomic mass is 128. The number of carboxylic acids is 1. The molecule has 14 nitrogen and oxygen atoms in total. The zero-order chi connectivity index (χ0) is 38.9. The number of halogens is 2. The molecule has 0 radical (unpaired) electrons. The van der Waals surface area contributed by atoms with E-state index in [0.29, 0.717) is 31.0 Å². The largest absolute Gasteiger partial charge is 0.480 e. The Morgan fingerprint density at radius 3 is 1.65 bits per heavy atom. The maximum absolute atomic E-state index is 12.0. The van der Waals surface area contributed by atoms with Crippen molar-refractivity contribution in [3.63, 3.8) is 0 Å². The highest BCUT2D eigenvalue weighted by molar-refractivity contribution is 15.0. The second-order valence-corrected chi connectivity index (χ2v) is 13.6. The number of aliphatic hydroxyl groups excluding tert-OH is 1. The quantitative estimate of drug-likeness (QED) is 0.0233. The number of ether oxygens (including phenoxy) is 3. The summed E-state index contributed by atoms with van der Waals surface area (Å²) in [6.45, 7) is 12.6. The van der Waals surface area contributed by atoms with Crippen LogP contribution < -0.4 is 10.6 Å². The van der Waals surface area contributed by atoms with E-state index >= 15 is 0 Å². The van der Waals surface area contributed by atoms with Crippen molar-refractivity contribution in [3.8, 4) is 24.7 Å². The van der Waals surface area contributed by atoms with Gasteiger partial charge in [-0.15, -0.1) is 36.4 Å². The third kappa shape index (κ3) is 44.1. The summed E-state index contributed by atoms with van der Waals surface area (Å²) in [6.07, 6.45) is 12.8. The SMILES string of the molecule is C#CCSCC(NC(=O)OC(C)(C)C)C(=O)O.C#CCSCC(NC(=O)OC(C)(C)C)C(=O)OCCCC[N+](=O)[O-].CCCCCO.II. The van der Waals surface area contributed by atoms with Crippen LogP contribution in [0.15, 0.2) is 0 Å². The summed E-state index contributed by atoms with van der Waals surface area (Å²) in [5.41, 5.74) is -1.34. The molecule has 0 aromatic heterocycles. The fourth-order valence-corrected chi connectivity index (χ4v) is 4.08. The van der Waals surface area contributed by atoms with Gasteiger partial charge in [0.25, 0.3) is 0 Å². The maximum Gasteiger partial charge on any atom is 0.408 e. The highest BCUT2D eigenvalue weighted by Gasteiger charge is 2.26. The van der Waals surface area contributed by atoms with Gasteiger partial charge in [0.1, 0.15) is 23.3 Å². The number of nitrogens with one attached hydrogen (secondary N) is 2. The number of carbonyl (C=O) groups is 4. The van der Waals surface area contributed by atoms with E-state index in [-0.39, 0.29) is 24.7 Å². The van der Waals surface area contributed by atoms with E-state index in [1.54, 1.807) is 41.5 Å². The number of hydrogen-bond acceptors (Lipinski definition) is 12. The van der Waals surface area contributed by atoms with Gasteiger partial charge in [0.15, 0.2) is 0 Å². The van der Waals surface area contributed by atoms with Gasteiger partial charge in [-0.1, -0.05) is 31.6 Å². The molecule has 0 spiro atoms. The van der Waals surface area contributed by atoms with E-state index in [0.717, 1.165) is 12.8 Å². The molecule has 0 aromatic rings. The molecule has 0 aromatic carbocycles. The number of thioether (sulfide) groups is 2. The number of nitrogens with zero attached hydrogens (tertiary/aromatic N) is 1. The number of aliphatic carboxylic acids is 1. The fourth-order valence-electron chi connectivity index (χ4n) is 2.69. The minimum absolute atomic E-state index is 0.0545. The molecular weight excluding hydrogens is 908 g/mol. The van der Waals surface area contributed by atoms with Crippen LogP contribution in [0.1, 0.15) is 80.6 Å². The molecule has 0 saturated carbocycles. The molecule has 4 N–H and O–H groups in total. The van der Waals surface area contributed by atoms with E-state index in [2.05, 4.69) is 66.6 Å². The molecule has 49 heavy (non-hydrogen) atoms. The van der Waals surface area contributed by atoms with Crippen LogP contribution in [-0.2, 0) is 23.8 Å². The Kier molecular flexibility index (Phi) is 38.0. The fraction of sp³-hybridized carbons (Fsp3) is 0.742. The maximum atomic E-state index is 12.0. The van der Waals surface area contributed by atoms with Gasteiger partial charge in [0, 0.05) is 66.7 Å².